The van der Waals surface area contributed by atoms with Crippen LogP contribution in [0.4, 0.5) is 0 Å². The SMILES string of the molecule is C=C(NCCCC=O)OCC1c2ccccc2-c2ccccc21. The van der Waals surface area contributed by atoms with Crippen molar-refractivity contribution in [3.05, 3.63) is 72.1 Å². The van der Waals surface area contributed by atoms with E-state index in [9.17, 15) is 4.79 Å². The first-order valence-electron chi connectivity index (χ1n) is 7.98. The largest absolute Gasteiger partial charge is 0.479 e. The lowest BCUT2D eigenvalue weighted by Crippen LogP contribution is -2.18. The third-order valence-electron chi connectivity index (χ3n) is 4.21. The molecular weight excluding hydrogens is 286 g/mol. The molecule has 0 aromatic heterocycles. The van der Waals surface area contributed by atoms with E-state index in [1.807, 2.05) is 0 Å². The number of unbranched alkanes of at least 4 members (excludes halogenated alkanes) is 1. The summed E-state index contributed by atoms with van der Waals surface area (Å²) in [6.07, 6.45) is 2.28. The Morgan fingerprint density at radius 2 is 1.70 bits per heavy atom. The van der Waals surface area contributed by atoms with E-state index >= 15 is 0 Å². The van der Waals surface area contributed by atoms with Gasteiger partial charge in [0.2, 0.25) is 0 Å². The minimum Gasteiger partial charge on any atom is -0.479 e. The van der Waals surface area contributed by atoms with Crippen LogP contribution in [0.2, 0.25) is 0 Å². The van der Waals surface area contributed by atoms with E-state index in [0.29, 0.717) is 25.5 Å². The van der Waals surface area contributed by atoms with E-state index in [0.717, 1.165) is 12.7 Å². The van der Waals surface area contributed by atoms with Crippen LogP contribution in [0.25, 0.3) is 11.1 Å². The lowest BCUT2D eigenvalue weighted by atomic mass is 9.98. The quantitative estimate of drug-likeness (QED) is 0.457. The Labute approximate surface area is 137 Å². The fourth-order valence-corrected chi connectivity index (χ4v) is 3.09. The number of aldehydes is 1. The molecule has 0 saturated carbocycles. The molecule has 0 unspecified atom stereocenters. The zero-order valence-electron chi connectivity index (χ0n) is 13.1. The number of hydrogen-bond donors (Lipinski definition) is 1. The van der Waals surface area contributed by atoms with Gasteiger partial charge in [-0.05, 0) is 35.3 Å². The molecule has 0 spiro atoms. The molecule has 0 bridgehead atoms. The van der Waals surface area contributed by atoms with E-state index in [4.69, 9.17) is 4.74 Å². The Morgan fingerprint density at radius 1 is 1.09 bits per heavy atom. The van der Waals surface area contributed by atoms with Crippen LogP contribution in [0.3, 0.4) is 0 Å². The second-order valence-corrected chi connectivity index (χ2v) is 5.70. The standard InChI is InChI=1S/C20H21NO2/c1-15(21-12-6-7-13-22)23-14-20-18-10-4-2-8-16(18)17-9-3-5-11-19(17)20/h2-5,8-11,13,20-21H,1,6-7,12,14H2. The average Bonchev–Trinajstić information content (AvgIpc) is 2.91. The third-order valence-corrected chi connectivity index (χ3v) is 4.21. The predicted octanol–water partition coefficient (Wildman–Crippen LogP) is 3.86. The Kier molecular flexibility index (Phi) is 4.77. The summed E-state index contributed by atoms with van der Waals surface area (Å²) < 4.78 is 5.83. The predicted molar refractivity (Wildman–Crippen MR) is 92.1 cm³/mol. The molecule has 0 atom stereocenters. The Balaban J connectivity index is 1.66. The lowest BCUT2D eigenvalue weighted by molar-refractivity contribution is -0.107. The van der Waals surface area contributed by atoms with Crippen molar-refractivity contribution in [2.75, 3.05) is 13.2 Å². The normalized spacial score (nSPS) is 12.3. The minimum absolute atomic E-state index is 0.232. The molecular formula is C20H21NO2. The zero-order chi connectivity index (χ0) is 16.1. The molecule has 3 nitrogen and oxygen atoms in total. The highest BCUT2D eigenvalue weighted by Crippen LogP contribution is 2.44. The van der Waals surface area contributed by atoms with Gasteiger partial charge in [0.15, 0.2) is 5.88 Å². The fourth-order valence-electron chi connectivity index (χ4n) is 3.09. The fraction of sp³-hybridized carbons (Fsp3) is 0.250. The van der Waals surface area contributed by atoms with E-state index in [1.165, 1.54) is 22.3 Å². The van der Waals surface area contributed by atoms with Gasteiger partial charge in [-0.25, -0.2) is 0 Å². The summed E-state index contributed by atoms with van der Waals surface area (Å²) in [6, 6.07) is 17.0. The summed E-state index contributed by atoms with van der Waals surface area (Å²) >= 11 is 0. The first kappa shape index (κ1) is 15.3. The van der Waals surface area contributed by atoms with Crippen LogP contribution < -0.4 is 5.32 Å². The molecule has 2 aromatic carbocycles. The summed E-state index contributed by atoms with van der Waals surface area (Å²) in [6.45, 7) is 5.17. The van der Waals surface area contributed by atoms with Crippen molar-refractivity contribution < 1.29 is 9.53 Å². The van der Waals surface area contributed by atoms with Crippen LogP contribution in [-0.2, 0) is 9.53 Å². The van der Waals surface area contributed by atoms with Crippen molar-refractivity contribution in [2.24, 2.45) is 0 Å². The molecule has 3 heteroatoms. The van der Waals surface area contributed by atoms with Gasteiger partial charge in [-0.2, -0.15) is 0 Å². The number of nitrogens with one attached hydrogen (secondary N) is 1. The summed E-state index contributed by atoms with van der Waals surface area (Å²) in [5.74, 6) is 0.800. The van der Waals surface area contributed by atoms with Crippen LogP contribution >= 0.6 is 0 Å². The number of benzene rings is 2. The van der Waals surface area contributed by atoms with Gasteiger partial charge in [-0.3, -0.25) is 0 Å². The highest BCUT2D eigenvalue weighted by Gasteiger charge is 2.28. The van der Waals surface area contributed by atoms with Gasteiger partial charge in [0.05, 0.1) is 0 Å². The minimum atomic E-state index is 0.232. The molecule has 0 aliphatic heterocycles. The van der Waals surface area contributed by atoms with Crippen molar-refractivity contribution in [1.29, 1.82) is 0 Å². The van der Waals surface area contributed by atoms with Crippen molar-refractivity contribution >= 4 is 6.29 Å². The highest BCUT2D eigenvalue weighted by atomic mass is 16.5. The molecule has 1 aliphatic rings. The number of hydrogen-bond acceptors (Lipinski definition) is 3. The van der Waals surface area contributed by atoms with Crippen molar-refractivity contribution in [2.45, 2.75) is 18.8 Å². The summed E-state index contributed by atoms with van der Waals surface area (Å²) in [7, 11) is 0. The van der Waals surface area contributed by atoms with Crippen LogP contribution in [0, 0.1) is 0 Å². The van der Waals surface area contributed by atoms with Crippen LogP contribution in [0.5, 0.6) is 0 Å². The maximum atomic E-state index is 10.3. The van der Waals surface area contributed by atoms with Gasteiger partial charge in [0, 0.05) is 18.9 Å². The molecule has 1 aliphatic carbocycles. The Bertz CT molecular complexity index is 663. The summed E-state index contributed by atoms with van der Waals surface area (Å²) in [5, 5.41) is 3.11. The molecule has 0 amide bonds. The van der Waals surface area contributed by atoms with E-state index in [1.54, 1.807) is 0 Å². The number of fused-ring (bicyclic) bond motifs is 3. The van der Waals surface area contributed by atoms with Gasteiger partial charge >= 0.3 is 0 Å². The first-order valence-corrected chi connectivity index (χ1v) is 7.98. The van der Waals surface area contributed by atoms with E-state index in [2.05, 4.69) is 60.4 Å². The summed E-state index contributed by atoms with van der Waals surface area (Å²) in [5.41, 5.74) is 5.20. The highest BCUT2D eigenvalue weighted by molar-refractivity contribution is 5.78. The Morgan fingerprint density at radius 3 is 2.30 bits per heavy atom. The summed E-state index contributed by atoms with van der Waals surface area (Å²) in [4.78, 5) is 10.3. The maximum Gasteiger partial charge on any atom is 0.179 e. The van der Waals surface area contributed by atoms with Crippen LogP contribution in [0.1, 0.15) is 29.9 Å². The first-order chi connectivity index (χ1) is 11.3. The molecule has 23 heavy (non-hydrogen) atoms. The number of ether oxygens (including phenoxy) is 1. The topological polar surface area (TPSA) is 38.3 Å². The van der Waals surface area contributed by atoms with Crippen molar-refractivity contribution in [1.82, 2.24) is 5.32 Å². The van der Waals surface area contributed by atoms with Gasteiger partial charge in [0.1, 0.15) is 12.9 Å². The molecule has 2 aromatic rings. The van der Waals surface area contributed by atoms with Gasteiger partial charge < -0.3 is 14.8 Å². The van der Waals surface area contributed by atoms with E-state index in [-0.39, 0.29) is 5.92 Å². The number of rotatable bonds is 8. The number of carbonyl (C=O) groups excluding carboxylic acids is 1. The molecule has 0 radical (unpaired) electrons. The number of carbonyl (C=O) groups is 1. The van der Waals surface area contributed by atoms with Crippen LogP contribution in [0.15, 0.2) is 61.0 Å². The molecule has 0 fully saturated rings. The molecule has 1 N–H and O–H groups in total. The molecule has 3 rings (SSSR count). The van der Waals surface area contributed by atoms with Gasteiger partial charge in [0.25, 0.3) is 0 Å². The smallest absolute Gasteiger partial charge is 0.179 e. The second kappa shape index (κ2) is 7.14. The van der Waals surface area contributed by atoms with Gasteiger partial charge in [-0.1, -0.05) is 48.5 Å². The van der Waals surface area contributed by atoms with Crippen molar-refractivity contribution in [3.8, 4) is 11.1 Å². The van der Waals surface area contributed by atoms with Crippen LogP contribution in [-0.4, -0.2) is 19.4 Å². The second-order valence-electron chi connectivity index (χ2n) is 5.70. The zero-order valence-corrected chi connectivity index (χ0v) is 13.1. The maximum absolute atomic E-state index is 10.3. The van der Waals surface area contributed by atoms with Gasteiger partial charge in [-0.15, -0.1) is 0 Å². The molecule has 118 valence electrons. The van der Waals surface area contributed by atoms with E-state index < -0.39 is 0 Å². The monoisotopic (exact) mass is 307 g/mol. The lowest BCUT2D eigenvalue weighted by Gasteiger charge is -2.17. The van der Waals surface area contributed by atoms with Crippen molar-refractivity contribution in [3.63, 3.8) is 0 Å². The molecule has 0 saturated heterocycles. The average molecular weight is 307 g/mol. The Hall–Kier alpha value is -2.55. The molecule has 0 heterocycles. The third kappa shape index (κ3) is 3.29.